The van der Waals surface area contributed by atoms with Gasteiger partial charge in [-0.3, -0.25) is 9.59 Å². The van der Waals surface area contributed by atoms with Crippen LogP contribution in [-0.2, 0) is 23.9 Å². The van der Waals surface area contributed by atoms with Gasteiger partial charge < -0.3 is 14.3 Å². The molecule has 0 bridgehead atoms. The third-order valence-corrected chi connectivity index (χ3v) is 3.50. The van der Waals surface area contributed by atoms with Crippen LogP contribution >= 0.6 is 0 Å². The number of allylic oxidation sites excluding steroid dienone is 1. The maximum atomic E-state index is 12.5. The SMILES string of the molecule is CC(=O)C[C@H](/C=C/c1ccccc1)C(C(=O)OC(C)C)C(=O)OC(C)C. The van der Waals surface area contributed by atoms with E-state index in [-0.39, 0.29) is 24.4 Å². The standard InChI is InChI=1S/C21H28O5/c1-14(2)25-20(23)19(21(24)26-15(3)4)18(13-16(5)22)12-11-17-9-7-6-8-10-17/h6-12,14-15,18-19H,13H2,1-5H3/b12-11+/t18-/m0/s1. The molecule has 142 valence electrons. The van der Waals surface area contributed by atoms with Gasteiger partial charge in [-0.05, 0) is 40.2 Å². The Kier molecular flexibility index (Phi) is 8.76. The maximum Gasteiger partial charge on any atom is 0.321 e. The van der Waals surface area contributed by atoms with Gasteiger partial charge in [-0.1, -0.05) is 42.5 Å². The normalized spacial score (nSPS) is 12.6. The van der Waals surface area contributed by atoms with Crippen molar-refractivity contribution in [3.63, 3.8) is 0 Å². The summed E-state index contributed by atoms with van der Waals surface area (Å²) < 4.78 is 10.5. The molecule has 0 spiro atoms. The molecule has 0 aliphatic carbocycles. The van der Waals surface area contributed by atoms with E-state index in [0.29, 0.717) is 0 Å². The molecule has 0 N–H and O–H groups in total. The van der Waals surface area contributed by atoms with Gasteiger partial charge in [0.2, 0.25) is 0 Å². The zero-order valence-electron chi connectivity index (χ0n) is 16.1. The lowest BCUT2D eigenvalue weighted by Crippen LogP contribution is -2.36. The van der Waals surface area contributed by atoms with Crippen LogP contribution in [0, 0.1) is 11.8 Å². The van der Waals surface area contributed by atoms with Crippen molar-refractivity contribution in [2.45, 2.75) is 53.2 Å². The second kappa shape index (κ2) is 10.5. The first-order chi connectivity index (χ1) is 12.2. The summed E-state index contributed by atoms with van der Waals surface area (Å²) in [4.78, 5) is 36.8. The van der Waals surface area contributed by atoms with E-state index in [1.54, 1.807) is 39.8 Å². The average Bonchev–Trinajstić information content (AvgIpc) is 2.51. The minimum Gasteiger partial charge on any atom is -0.462 e. The lowest BCUT2D eigenvalue weighted by molar-refractivity contribution is -0.168. The predicted octanol–water partition coefficient (Wildman–Crippen LogP) is 3.81. The average molecular weight is 360 g/mol. The number of hydrogen-bond acceptors (Lipinski definition) is 5. The van der Waals surface area contributed by atoms with Crippen LogP contribution < -0.4 is 0 Å². The molecule has 0 radical (unpaired) electrons. The second-order valence-electron chi connectivity index (χ2n) is 6.79. The Morgan fingerprint density at radius 1 is 0.923 bits per heavy atom. The van der Waals surface area contributed by atoms with E-state index in [9.17, 15) is 14.4 Å². The molecule has 0 amide bonds. The summed E-state index contributed by atoms with van der Waals surface area (Å²) in [5, 5.41) is 0. The van der Waals surface area contributed by atoms with Gasteiger partial charge in [0.05, 0.1) is 12.2 Å². The molecule has 1 aromatic carbocycles. The van der Waals surface area contributed by atoms with Crippen LogP contribution in [0.4, 0.5) is 0 Å². The summed E-state index contributed by atoms with van der Waals surface area (Å²) in [7, 11) is 0. The number of ketones is 1. The third kappa shape index (κ3) is 7.64. The molecule has 0 aliphatic rings. The highest BCUT2D eigenvalue weighted by Crippen LogP contribution is 2.24. The molecule has 0 aliphatic heterocycles. The fourth-order valence-electron chi connectivity index (χ4n) is 2.48. The zero-order chi connectivity index (χ0) is 19.7. The molecule has 1 rings (SSSR count). The fraction of sp³-hybridized carbons (Fsp3) is 0.476. The van der Waals surface area contributed by atoms with E-state index in [1.165, 1.54) is 6.92 Å². The van der Waals surface area contributed by atoms with Gasteiger partial charge in [-0.15, -0.1) is 0 Å². The Bertz CT molecular complexity index is 609. The van der Waals surface area contributed by atoms with Gasteiger partial charge in [0.1, 0.15) is 5.78 Å². The van der Waals surface area contributed by atoms with Crippen molar-refractivity contribution in [1.29, 1.82) is 0 Å². The lowest BCUT2D eigenvalue weighted by Gasteiger charge is -2.23. The second-order valence-corrected chi connectivity index (χ2v) is 6.79. The molecule has 5 nitrogen and oxygen atoms in total. The monoisotopic (exact) mass is 360 g/mol. The van der Waals surface area contributed by atoms with Crippen LogP contribution in [0.5, 0.6) is 0 Å². The summed E-state index contributed by atoms with van der Waals surface area (Å²) in [6.07, 6.45) is 2.83. The van der Waals surface area contributed by atoms with E-state index in [0.717, 1.165) is 5.56 Å². The van der Waals surface area contributed by atoms with Crippen LogP contribution in [0.15, 0.2) is 36.4 Å². The number of Topliss-reactive ketones (excluding diaryl/α,β-unsaturated/α-hetero) is 1. The van der Waals surface area contributed by atoms with Crippen molar-refractivity contribution in [2.75, 3.05) is 0 Å². The number of ether oxygens (including phenoxy) is 2. The Labute approximate surface area is 155 Å². The van der Waals surface area contributed by atoms with E-state index in [2.05, 4.69) is 0 Å². The molecule has 0 saturated heterocycles. The summed E-state index contributed by atoms with van der Waals surface area (Å²) >= 11 is 0. The van der Waals surface area contributed by atoms with Gasteiger partial charge in [0, 0.05) is 12.3 Å². The number of hydrogen-bond donors (Lipinski definition) is 0. The van der Waals surface area contributed by atoms with Crippen molar-refractivity contribution < 1.29 is 23.9 Å². The number of carbonyl (C=O) groups is 3. The minimum atomic E-state index is -1.18. The predicted molar refractivity (Wildman–Crippen MR) is 100 cm³/mol. The smallest absolute Gasteiger partial charge is 0.321 e. The molecule has 0 unspecified atom stereocenters. The van der Waals surface area contributed by atoms with Crippen LogP contribution in [0.1, 0.15) is 46.6 Å². The van der Waals surface area contributed by atoms with Crippen molar-refractivity contribution in [3.8, 4) is 0 Å². The first kappa shape index (κ1) is 21.6. The van der Waals surface area contributed by atoms with E-state index in [4.69, 9.17) is 9.47 Å². The molecular weight excluding hydrogens is 332 g/mol. The van der Waals surface area contributed by atoms with Gasteiger partial charge in [0.15, 0.2) is 5.92 Å². The summed E-state index contributed by atoms with van der Waals surface area (Å²) in [5.74, 6) is -3.27. The largest absolute Gasteiger partial charge is 0.462 e. The summed E-state index contributed by atoms with van der Waals surface area (Å²) in [6, 6.07) is 9.46. The van der Waals surface area contributed by atoms with Crippen molar-refractivity contribution in [2.24, 2.45) is 11.8 Å². The lowest BCUT2D eigenvalue weighted by atomic mass is 9.87. The highest BCUT2D eigenvalue weighted by atomic mass is 16.6. The van der Waals surface area contributed by atoms with Crippen LogP contribution in [0.2, 0.25) is 0 Å². The van der Waals surface area contributed by atoms with Gasteiger partial charge >= 0.3 is 11.9 Å². The first-order valence-electron chi connectivity index (χ1n) is 8.84. The van der Waals surface area contributed by atoms with Gasteiger partial charge in [-0.2, -0.15) is 0 Å². The number of rotatable bonds is 9. The Balaban J connectivity index is 3.17. The number of esters is 2. The fourth-order valence-corrected chi connectivity index (χ4v) is 2.48. The highest BCUT2D eigenvalue weighted by Gasteiger charge is 2.37. The molecular formula is C21H28O5. The molecule has 1 aromatic rings. The van der Waals surface area contributed by atoms with Gasteiger partial charge in [0.25, 0.3) is 0 Å². The van der Waals surface area contributed by atoms with E-state index < -0.39 is 23.8 Å². The molecule has 0 heterocycles. The van der Waals surface area contributed by atoms with E-state index in [1.807, 2.05) is 30.3 Å². The van der Waals surface area contributed by atoms with Crippen molar-refractivity contribution in [1.82, 2.24) is 0 Å². The van der Waals surface area contributed by atoms with Crippen LogP contribution in [-0.4, -0.2) is 29.9 Å². The first-order valence-corrected chi connectivity index (χ1v) is 8.84. The molecule has 0 aromatic heterocycles. The zero-order valence-corrected chi connectivity index (χ0v) is 16.1. The molecule has 1 atom stereocenters. The van der Waals surface area contributed by atoms with Crippen LogP contribution in [0.3, 0.4) is 0 Å². The number of carbonyl (C=O) groups excluding carboxylic acids is 3. The van der Waals surface area contributed by atoms with Crippen LogP contribution in [0.25, 0.3) is 6.08 Å². The third-order valence-electron chi connectivity index (χ3n) is 3.50. The van der Waals surface area contributed by atoms with Crippen molar-refractivity contribution >= 4 is 23.8 Å². The Morgan fingerprint density at radius 3 is 1.85 bits per heavy atom. The van der Waals surface area contributed by atoms with Gasteiger partial charge in [-0.25, -0.2) is 0 Å². The summed E-state index contributed by atoms with van der Waals surface area (Å²) in [5.41, 5.74) is 0.911. The summed E-state index contributed by atoms with van der Waals surface area (Å²) in [6.45, 7) is 8.28. The minimum absolute atomic E-state index is 0.0500. The Morgan fingerprint density at radius 2 is 1.42 bits per heavy atom. The molecule has 0 saturated carbocycles. The molecule has 0 fully saturated rings. The highest BCUT2D eigenvalue weighted by molar-refractivity contribution is 5.96. The Hall–Kier alpha value is -2.43. The quantitative estimate of drug-likeness (QED) is 0.495. The van der Waals surface area contributed by atoms with Crippen molar-refractivity contribution in [3.05, 3.63) is 42.0 Å². The topological polar surface area (TPSA) is 69.7 Å². The number of benzene rings is 1. The maximum absolute atomic E-state index is 12.5. The molecule has 26 heavy (non-hydrogen) atoms. The van der Waals surface area contributed by atoms with E-state index >= 15 is 0 Å². The molecule has 5 heteroatoms.